The smallest absolute Gasteiger partial charge is 0.333 e. The van der Waals surface area contributed by atoms with E-state index in [1.54, 1.807) is 27.5 Å². The second-order valence-electron chi connectivity index (χ2n) is 9.34. The van der Waals surface area contributed by atoms with Gasteiger partial charge in [0.1, 0.15) is 5.82 Å². The van der Waals surface area contributed by atoms with Crippen molar-refractivity contribution >= 4 is 5.95 Å². The highest BCUT2D eigenvalue weighted by atomic mass is 19.1. The number of halogens is 1. The van der Waals surface area contributed by atoms with Crippen molar-refractivity contribution < 1.29 is 9.13 Å². The van der Waals surface area contributed by atoms with Crippen LogP contribution in [0.1, 0.15) is 38.3 Å². The third kappa shape index (κ3) is 4.88. The van der Waals surface area contributed by atoms with Crippen LogP contribution >= 0.6 is 0 Å². The van der Waals surface area contributed by atoms with Gasteiger partial charge < -0.3 is 10.1 Å². The summed E-state index contributed by atoms with van der Waals surface area (Å²) in [6.45, 7) is 8.12. The van der Waals surface area contributed by atoms with Crippen molar-refractivity contribution in [1.82, 2.24) is 24.0 Å². The van der Waals surface area contributed by atoms with E-state index in [9.17, 15) is 9.18 Å². The monoisotopic (exact) mass is 480 g/mol. The molecule has 0 bridgehead atoms. The Kier molecular flexibility index (Phi) is 6.97. The number of hydrogen-bond acceptors (Lipinski definition) is 6. The van der Waals surface area contributed by atoms with E-state index in [2.05, 4.69) is 15.2 Å². The van der Waals surface area contributed by atoms with Crippen LogP contribution in [0.4, 0.5) is 10.3 Å². The lowest BCUT2D eigenvalue weighted by atomic mass is 9.90. The summed E-state index contributed by atoms with van der Waals surface area (Å²) in [5, 5.41) is 3.53. The second kappa shape index (κ2) is 10.3. The fourth-order valence-electron chi connectivity index (χ4n) is 5.42. The molecule has 0 atom stereocenters. The summed E-state index contributed by atoms with van der Waals surface area (Å²) < 4.78 is 22.4. The van der Waals surface area contributed by atoms with Crippen molar-refractivity contribution in [3.8, 4) is 17.1 Å². The number of anilines is 1. The van der Waals surface area contributed by atoms with E-state index in [0.717, 1.165) is 57.7 Å². The number of benzene rings is 1. The second-order valence-corrected chi connectivity index (χ2v) is 9.34. The number of nitrogens with one attached hydrogen (secondary N) is 1. The summed E-state index contributed by atoms with van der Waals surface area (Å²) in [4.78, 5) is 25.1. The lowest BCUT2D eigenvalue weighted by Gasteiger charge is -2.38. The molecule has 8 nitrogen and oxygen atoms in total. The molecule has 5 rings (SSSR count). The van der Waals surface area contributed by atoms with E-state index in [4.69, 9.17) is 9.72 Å². The minimum Gasteiger partial charge on any atom is -0.379 e. The first kappa shape index (κ1) is 23.7. The molecule has 1 N–H and O–H groups in total. The van der Waals surface area contributed by atoms with Gasteiger partial charge in [-0.3, -0.25) is 14.0 Å². The highest BCUT2D eigenvalue weighted by molar-refractivity contribution is 5.62. The summed E-state index contributed by atoms with van der Waals surface area (Å²) in [6, 6.07) is 8.74. The summed E-state index contributed by atoms with van der Waals surface area (Å²) in [5.41, 5.74) is 2.62. The molecule has 1 aliphatic carbocycles. The Morgan fingerprint density at radius 3 is 2.49 bits per heavy atom. The maximum absolute atomic E-state index is 13.6. The van der Waals surface area contributed by atoms with Gasteiger partial charge in [0.05, 0.1) is 30.3 Å². The fourth-order valence-corrected chi connectivity index (χ4v) is 5.42. The van der Waals surface area contributed by atoms with Crippen LogP contribution in [0.5, 0.6) is 0 Å². The number of hydrogen-bond donors (Lipinski definition) is 1. The standard InChI is InChI=1S/C26H33FN6O2/c1-3-32-18(2)24(33(26(32)34)22-8-4-19(27)5-9-22)23-12-13-28-25(30-23)29-20-6-10-21(11-7-20)31-14-16-35-17-15-31/h4-5,8-9,12-13,20-21H,3,6-7,10-11,14-17H2,1-2H3,(H,28,29,30)/t20-,21-. The van der Waals surface area contributed by atoms with E-state index in [1.165, 1.54) is 12.1 Å². The van der Waals surface area contributed by atoms with Gasteiger partial charge >= 0.3 is 5.69 Å². The number of ether oxygens (including phenoxy) is 1. The quantitative estimate of drug-likeness (QED) is 0.581. The predicted octanol–water partition coefficient (Wildman–Crippen LogP) is 3.62. The van der Waals surface area contributed by atoms with Gasteiger partial charge in [-0.15, -0.1) is 0 Å². The molecule has 1 aliphatic heterocycles. The van der Waals surface area contributed by atoms with Crippen molar-refractivity contribution in [2.75, 3.05) is 31.6 Å². The van der Waals surface area contributed by atoms with Crippen LogP contribution in [0.2, 0.25) is 0 Å². The normalized spacial score (nSPS) is 21.2. The van der Waals surface area contributed by atoms with E-state index in [1.807, 2.05) is 19.9 Å². The zero-order valence-corrected chi connectivity index (χ0v) is 20.4. The van der Waals surface area contributed by atoms with Crippen LogP contribution in [0.3, 0.4) is 0 Å². The molecule has 3 heterocycles. The Hall–Kier alpha value is -3.04. The van der Waals surface area contributed by atoms with Gasteiger partial charge in [-0.25, -0.2) is 19.2 Å². The molecule has 1 saturated heterocycles. The summed E-state index contributed by atoms with van der Waals surface area (Å²) in [5.74, 6) is 0.228. The van der Waals surface area contributed by atoms with Gasteiger partial charge in [0, 0.05) is 43.6 Å². The maximum Gasteiger partial charge on any atom is 0.333 e. The minimum atomic E-state index is -0.341. The van der Waals surface area contributed by atoms with Gasteiger partial charge in [-0.2, -0.15) is 0 Å². The Labute approximate surface area is 204 Å². The van der Waals surface area contributed by atoms with Gasteiger partial charge in [0.25, 0.3) is 0 Å². The third-order valence-corrected chi connectivity index (χ3v) is 7.28. The van der Waals surface area contributed by atoms with Crippen molar-refractivity contribution in [2.45, 2.75) is 58.2 Å². The van der Waals surface area contributed by atoms with Crippen LogP contribution in [0.25, 0.3) is 17.1 Å². The molecule has 2 aliphatic rings. The average Bonchev–Trinajstić information content (AvgIpc) is 3.14. The molecule has 0 spiro atoms. The molecule has 0 radical (unpaired) electrons. The minimum absolute atomic E-state index is 0.166. The SMILES string of the molecule is CCn1c(C)c(-c2ccnc(N[C@H]3CC[C@H](N4CCOCC4)CC3)n2)n(-c2ccc(F)cc2)c1=O. The summed E-state index contributed by atoms with van der Waals surface area (Å²) in [6.07, 6.45) is 6.17. The Balaban J connectivity index is 1.37. The Morgan fingerprint density at radius 2 is 1.80 bits per heavy atom. The maximum atomic E-state index is 13.6. The van der Waals surface area contributed by atoms with Crippen molar-refractivity contribution in [3.63, 3.8) is 0 Å². The van der Waals surface area contributed by atoms with Crippen LogP contribution < -0.4 is 11.0 Å². The molecule has 9 heteroatoms. The zero-order valence-electron chi connectivity index (χ0n) is 20.4. The van der Waals surface area contributed by atoms with Crippen molar-refractivity contribution in [2.24, 2.45) is 0 Å². The van der Waals surface area contributed by atoms with E-state index >= 15 is 0 Å². The molecule has 0 amide bonds. The van der Waals surface area contributed by atoms with Gasteiger partial charge in [-0.05, 0) is 69.9 Å². The number of nitrogens with zero attached hydrogens (tertiary/aromatic N) is 5. The van der Waals surface area contributed by atoms with E-state index in [-0.39, 0.29) is 11.5 Å². The lowest BCUT2D eigenvalue weighted by molar-refractivity contribution is 0.00790. The topological polar surface area (TPSA) is 77.2 Å². The Bertz CT molecular complexity index is 1210. The molecule has 3 aromatic rings. The first-order valence-electron chi connectivity index (χ1n) is 12.5. The molecule has 1 saturated carbocycles. The number of aromatic nitrogens is 4. The van der Waals surface area contributed by atoms with Crippen LogP contribution in [0, 0.1) is 12.7 Å². The molecule has 2 fully saturated rings. The van der Waals surface area contributed by atoms with Crippen LogP contribution in [-0.4, -0.2) is 62.4 Å². The van der Waals surface area contributed by atoms with E-state index < -0.39 is 0 Å². The van der Waals surface area contributed by atoms with Gasteiger partial charge in [0.15, 0.2) is 0 Å². The zero-order chi connectivity index (χ0) is 24.4. The molecule has 0 unspecified atom stereocenters. The molecule has 1 aromatic carbocycles. The molecule has 2 aromatic heterocycles. The third-order valence-electron chi connectivity index (χ3n) is 7.28. The Morgan fingerprint density at radius 1 is 1.09 bits per heavy atom. The predicted molar refractivity (Wildman–Crippen MR) is 133 cm³/mol. The van der Waals surface area contributed by atoms with Gasteiger partial charge in [-0.1, -0.05) is 0 Å². The average molecular weight is 481 g/mol. The molecular weight excluding hydrogens is 447 g/mol. The number of imidazole rings is 1. The highest BCUT2D eigenvalue weighted by Crippen LogP contribution is 2.28. The van der Waals surface area contributed by atoms with E-state index in [0.29, 0.717) is 41.7 Å². The lowest BCUT2D eigenvalue weighted by Crippen LogP contribution is -2.46. The molecular formula is C26H33FN6O2. The first-order valence-corrected chi connectivity index (χ1v) is 12.5. The van der Waals surface area contributed by atoms with Crippen molar-refractivity contribution in [1.29, 1.82) is 0 Å². The van der Waals surface area contributed by atoms with Gasteiger partial charge in [0.2, 0.25) is 5.95 Å². The van der Waals surface area contributed by atoms with Crippen LogP contribution in [-0.2, 0) is 11.3 Å². The van der Waals surface area contributed by atoms with Crippen LogP contribution in [0.15, 0.2) is 41.3 Å². The first-order chi connectivity index (χ1) is 17.0. The highest BCUT2D eigenvalue weighted by Gasteiger charge is 2.27. The number of rotatable bonds is 6. The summed E-state index contributed by atoms with van der Waals surface area (Å²) >= 11 is 0. The molecule has 35 heavy (non-hydrogen) atoms. The molecule has 186 valence electrons. The number of morpholine rings is 1. The largest absolute Gasteiger partial charge is 0.379 e. The van der Waals surface area contributed by atoms with Crippen molar-refractivity contribution in [3.05, 3.63) is 58.5 Å². The summed E-state index contributed by atoms with van der Waals surface area (Å²) in [7, 11) is 0. The fraction of sp³-hybridized carbons (Fsp3) is 0.500.